The first kappa shape index (κ1) is 14.1. The van der Waals surface area contributed by atoms with Crippen LogP contribution in [-0.4, -0.2) is 21.6 Å². The number of carbonyl (C=O) groups is 2. The number of cyclic esters (lactones) is 2. The van der Waals surface area contributed by atoms with Gasteiger partial charge in [0.2, 0.25) is 0 Å². The van der Waals surface area contributed by atoms with Gasteiger partial charge in [0, 0.05) is 9.65 Å². The van der Waals surface area contributed by atoms with Crippen molar-refractivity contribution in [2.45, 2.75) is 35.3 Å². The van der Waals surface area contributed by atoms with Crippen molar-refractivity contribution in [1.82, 2.24) is 0 Å². The van der Waals surface area contributed by atoms with Crippen LogP contribution in [0.4, 0.5) is 0 Å². The molecule has 0 unspecified atom stereocenters. The second kappa shape index (κ2) is 3.68. The van der Waals surface area contributed by atoms with Gasteiger partial charge in [0.15, 0.2) is 0 Å². The summed E-state index contributed by atoms with van der Waals surface area (Å²) in [7, 11) is 0. The van der Waals surface area contributed by atoms with E-state index < -0.39 is 10.8 Å². The number of fused-ring (bicyclic) bond motifs is 2. The Morgan fingerprint density at radius 1 is 0.680 bits per heavy atom. The largest absolute Gasteiger partial charge is 0.392 e. The van der Waals surface area contributed by atoms with Crippen molar-refractivity contribution in [3.63, 3.8) is 0 Å². The van der Waals surface area contributed by atoms with Gasteiger partial charge in [0.05, 0.1) is 10.8 Å². The maximum Gasteiger partial charge on any atom is 0.321 e. The highest BCUT2D eigenvalue weighted by atomic mass is 79.9. The first-order valence-electron chi connectivity index (χ1n) is 10.1. The molecule has 8 bridgehead atoms. The third-order valence-electron chi connectivity index (χ3n) is 10.9. The fraction of sp³-hybridized carbons (Fsp3) is 0.900. The molecule has 14 atom stereocenters. The monoisotopic (exact) mass is 466 g/mol. The van der Waals surface area contributed by atoms with Gasteiger partial charge in [0.25, 0.3) is 0 Å². The fourth-order valence-electron chi connectivity index (χ4n) is 11.5. The molecule has 9 fully saturated rings. The van der Waals surface area contributed by atoms with Crippen LogP contribution in [0.5, 0.6) is 0 Å². The lowest BCUT2D eigenvalue weighted by molar-refractivity contribution is -0.163. The lowest BCUT2D eigenvalue weighted by atomic mass is 9.45. The minimum absolute atomic E-state index is 0.0912. The maximum atomic E-state index is 13.4. The number of rotatable bonds is 0. The summed E-state index contributed by atoms with van der Waals surface area (Å²) in [6.07, 6.45) is 4.93. The Labute approximate surface area is 163 Å². The van der Waals surface area contributed by atoms with Gasteiger partial charge in [-0.15, -0.1) is 0 Å². The first-order valence-corrected chi connectivity index (χ1v) is 12.0. The quantitative estimate of drug-likeness (QED) is 0.311. The van der Waals surface area contributed by atoms with E-state index in [-0.39, 0.29) is 11.9 Å². The molecule has 0 aromatic heterocycles. The average Bonchev–Trinajstić information content (AvgIpc) is 3.35. The molecule has 8 saturated carbocycles. The van der Waals surface area contributed by atoms with Crippen molar-refractivity contribution in [1.29, 1.82) is 0 Å². The molecule has 0 aromatic carbocycles. The Morgan fingerprint density at radius 3 is 1.56 bits per heavy atom. The summed E-state index contributed by atoms with van der Waals surface area (Å²) in [5.74, 6) is 5.45. The minimum Gasteiger partial charge on any atom is -0.392 e. The number of hydrogen-bond acceptors (Lipinski definition) is 3. The van der Waals surface area contributed by atoms with Gasteiger partial charge in [-0.1, -0.05) is 31.9 Å². The van der Waals surface area contributed by atoms with Gasteiger partial charge in [-0.05, 0) is 84.9 Å². The second-order valence-electron chi connectivity index (χ2n) is 10.3. The molecule has 1 aliphatic heterocycles. The van der Waals surface area contributed by atoms with Crippen LogP contribution in [0.1, 0.15) is 25.7 Å². The number of carbonyl (C=O) groups excluding carboxylic acids is 2. The molecule has 1 saturated heterocycles. The van der Waals surface area contributed by atoms with E-state index in [4.69, 9.17) is 4.74 Å². The molecule has 3 nitrogen and oxygen atoms in total. The molecule has 132 valence electrons. The topological polar surface area (TPSA) is 43.4 Å². The number of hydrogen-bond donors (Lipinski definition) is 0. The van der Waals surface area contributed by atoms with E-state index in [1.165, 1.54) is 25.7 Å². The number of halogens is 2. The fourth-order valence-corrected chi connectivity index (χ4v) is 13.5. The molecule has 0 N–H and O–H groups in total. The van der Waals surface area contributed by atoms with E-state index in [0.717, 1.165) is 0 Å². The zero-order chi connectivity index (χ0) is 16.6. The van der Waals surface area contributed by atoms with Gasteiger partial charge in [-0.2, -0.15) is 0 Å². The van der Waals surface area contributed by atoms with Crippen LogP contribution >= 0.6 is 31.9 Å². The Balaban J connectivity index is 1.45. The molecular formula is C20H20Br2O3. The predicted molar refractivity (Wildman–Crippen MR) is 94.8 cm³/mol. The summed E-state index contributed by atoms with van der Waals surface area (Å²) in [6, 6.07) is 0. The third-order valence-corrected chi connectivity index (χ3v) is 13.0. The summed E-state index contributed by atoms with van der Waals surface area (Å²) in [4.78, 5) is 27.8. The molecule has 0 radical (unpaired) electrons. The lowest BCUT2D eigenvalue weighted by Crippen LogP contribution is -2.61. The summed E-state index contributed by atoms with van der Waals surface area (Å²) in [5, 5.41) is 0. The highest BCUT2D eigenvalue weighted by Crippen LogP contribution is 2.99. The molecule has 2 spiro atoms. The molecular weight excluding hydrogens is 448 g/mol. The van der Waals surface area contributed by atoms with Gasteiger partial charge in [-0.3, -0.25) is 9.59 Å². The van der Waals surface area contributed by atoms with Gasteiger partial charge in [0.1, 0.15) is 0 Å². The smallest absolute Gasteiger partial charge is 0.321 e. The first-order chi connectivity index (χ1) is 12.1. The summed E-state index contributed by atoms with van der Waals surface area (Å²) in [6.45, 7) is 0. The molecule has 5 heteroatoms. The van der Waals surface area contributed by atoms with Crippen molar-refractivity contribution in [2.75, 3.05) is 0 Å². The van der Waals surface area contributed by atoms with Crippen LogP contribution < -0.4 is 0 Å². The number of alkyl halides is 2. The zero-order valence-corrected chi connectivity index (χ0v) is 16.9. The Morgan fingerprint density at radius 2 is 1.12 bits per heavy atom. The SMILES string of the molecule is O=C1OC(=O)[C@@]23[C@@H]4[C@H]5[C@@H](CC[C@@H]5Br)[C@@H]5[C@H]4[C@@H]4[C@H]([C@@H]6[C@H](CC[C@H]6Br)[C@@H]42)[C@]153. The van der Waals surface area contributed by atoms with Crippen LogP contribution in [-0.2, 0) is 14.3 Å². The minimum atomic E-state index is -0.412. The Hall–Kier alpha value is 0.1000. The molecule has 0 aromatic rings. The predicted octanol–water partition coefficient (Wildman–Crippen LogP) is 3.39. The molecule has 9 rings (SSSR count). The van der Waals surface area contributed by atoms with Crippen molar-refractivity contribution in [2.24, 2.45) is 70.0 Å². The standard InChI is InChI=1S/C20H20Br2O3/c21-7-3-1-5-9(7)15-11-12-14-6-2-4-8(22)10(6)16(12)19(13(5)11)17(23)25-18(24)20(14,15)19/h5-16H,1-4H2/t5-,6+,7+,8-,9+,10-,11-,12+,13-,14+,15-,16+,19-,20-/m0/s1. The summed E-state index contributed by atoms with van der Waals surface area (Å²) >= 11 is 7.93. The van der Waals surface area contributed by atoms with Crippen molar-refractivity contribution in [3.8, 4) is 0 Å². The van der Waals surface area contributed by atoms with E-state index in [9.17, 15) is 9.59 Å². The van der Waals surface area contributed by atoms with E-state index in [0.29, 0.717) is 68.8 Å². The molecule has 8 aliphatic carbocycles. The molecule has 9 aliphatic rings. The maximum absolute atomic E-state index is 13.4. The van der Waals surface area contributed by atoms with E-state index in [1.54, 1.807) is 0 Å². The van der Waals surface area contributed by atoms with Gasteiger partial charge < -0.3 is 4.74 Å². The van der Waals surface area contributed by atoms with Crippen molar-refractivity contribution in [3.05, 3.63) is 0 Å². The lowest BCUT2D eigenvalue weighted by Gasteiger charge is -2.54. The molecule has 0 amide bonds. The third kappa shape index (κ3) is 0.954. The highest BCUT2D eigenvalue weighted by Gasteiger charge is 3.03. The number of ether oxygens (including phenoxy) is 1. The van der Waals surface area contributed by atoms with Gasteiger partial charge in [-0.25, -0.2) is 0 Å². The molecule has 1 heterocycles. The van der Waals surface area contributed by atoms with Crippen LogP contribution in [0.2, 0.25) is 0 Å². The average molecular weight is 468 g/mol. The summed E-state index contributed by atoms with van der Waals surface area (Å²) < 4.78 is 5.54. The normalized spacial score (nSPS) is 75.0. The van der Waals surface area contributed by atoms with Crippen molar-refractivity contribution < 1.29 is 14.3 Å². The van der Waals surface area contributed by atoms with Crippen LogP contribution in [0.15, 0.2) is 0 Å². The van der Waals surface area contributed by atoms with Crippen LogP contribution in [0, 0.1) is 70.0 Å². The highest BCUT2D eigenvalue weighted by molar-refractivity contribution is 9.09. The Kier molecular flexibility index (Phi) is 2.08. The van der Waals surface area contributed by atoms with E-state index in [1.807, 2.05) is 0 Å². The van der Waals surface area contributed by atoms with Gasteiger partial charge >= 0.3 is 11.9 Å². The molecule has 25 heavy (non-hydrogen) atoms. The Bertz CT molecular complexity index is 734. The zero-order valence-electron chi connectivity index (χ0n) is 13.7. The summed E-state index contributed by atoms with van der Waals surface area (Å²) in [5.41, 5.74) is -0.824. The van der Waals surface area contributed by atoms with E-state index in [2.05, 4.69) is 31.9 Å². The number of esters is 2. The van der Waals surface area contributed by atoms with Crippen molar-refractivity contribution >= 4 is 43.8 Å². The van der Waals surface area contributed by atoms with E-state index >= 15 is 0 Å². The van der Waals surface area contributed by atoms with Crippen LogP contribution in [0.3, 0.4) is 0 Å². The second-order valence-corrected chi connectivity index (χ2v) is 12.7. The van der Waals surface area contributed by atoms with Crippen LogP contribution in [0.25, 0.3) is 0 Å².